The molecule has 7 nitrogen and oxygen atoms in total. The van der Waals surface area contributed by atoms with Gasteiger partial charge >= 0.3 is 0 Å². The summed E-state index contributed by atoms with van der Waals surface area (Å²) in [5, 5.41) is 17.9. The predicted molar refractivity (Wildman–Crippen MR) is 75.7 cm³/mol. The number of nitrogen functional groups attached to an aromatic ring is 1. The lowest BCUT2D eigenvalue weighted by molar-refractivity contribution is 0.0380. The molecule has 1 fully saturated rings. The number of aliphatic hydroxyl groups excluding tert-OH is 1. The molecule has 0 amide bonds. The molecule has 0 saturated carbocycles. The summed E-state index contributed by atoms with van der Waals surface area (Å²) in [6.45, 7) is 0.972. The minimum Gasteiger partial charge on any atom is -0.397 e. The monoisotopic (exact) mass is 301 g/mol. The number of benzene rings is 1. The molecule has 0 bridgehead atoms. The zero-order valence-corrected chi connectivity index (χ0v) is 11.8. The van der Waals surface area contributed by atoms with Crippen molar-refractivity contribution in [2.24, 2.45) is 5.14 Å². The van der Waals surface area contributed by atoms with E-state index in [0.29, 0.717) is 37.4 Å². The van der Waals surface area contributed by atoms with E-state index in [9.17, 15) is 13.5 Å². The fourth-order valence-corrected chi connectivity index (χ4v) is 2.73. The Morgan fingerprint density at radius 1 is 1.35 bits per heavy atom. The maximum Gasteiger partial charge on any atom is 0.238 e. The van der Waals surface area contributed by atoms with E-state index in [1.807, 2.05) is 0 Å². The summed E-state index contributed by atoms with van der Waals surface area (Å²) in [6.07, 6.45) is 1.23. The zero-order valence-electron chi connectivity index (χ0n) is 11.0. The highest BCUT2D eigenvalue weighted by atomic mass is 32.2. The molecule has 1 aromatic carbocycles. The van der Waals surface area contributed by atoms with Crippen molar-refractivity contribution in [3.63, 3.8) is 0 Å². The first-order chi connectivity index (χ1) is 9.36. The smallest absolute Gasteiger partial charge is 0.238 e. The number of anilines is 2. The summed E-state index contributed by atoms with van der Waals surface area (Å²) in [5.41, 5.74) is 6.15. The second kappa shape index (κ2) is 5.57. The molecule has 1 saturated heterocycles. The van der Waals surface area contributed by atoms with Gasteiger partial charge in [-0.15, -0.1) is 0 Å². The summed E-state index contributed by atoms with van der Waals surface area (Å²) in [6, 6.07) is 4.22. The zero-order chi connectivity index (χ0) is 14.8. The standard InChI is InChI=1S/C12H19N3O4S/c13-10-2-1-9(20(14,17)18)7-11(10)15-12(8-16)3-5-19-6-4-12/h1-2,7,15-16H,3-6,8,13H2,(H2,14,17,18). The Balaban J connectivity index is 2.32. The van der Waals surface area contributed by atoms with E-state index in [1.165, 1.54) is 18.2 Å². The Labute approximate surface area is 118 Å². The molecule has 20 heavy (non-hydrogen) atoms. The van der Waals surface area contributed by atoms with E-state index in [0.717, 1.165) is 0 Å². The van der Waals surface area contributed by atoms with Crippen LogP contribution in [0.1, 0.15) is 12.8 Å². The van der Waals surface area contributed by atoms with Crippen molar-refractivity contribution in [2.75, 3.05) is 30.9 Å². The van der Waals surface area contributed by atoms with Gasteiger partial charge in [-0.3, -0.25) is 0 Å². The van der Waals surface area contributed by atoms with E-state index in [4.69, 9.17) is 15.6 Å². The van der Waals surface area contributed by atoms with Crippen molar-refractivity contribution in [3.8, 4) is 0 Å². The first-order valence-corrected chi connectivity index (χ1v) is 7.80. The fourth-order valence-electron chi connectivity index (χ4n) is 2.19. The third kappa shape index (κ3) is 3.21. The molecule has 1 heterocycles. The van der Waals surface area contributed by atoms with Crippen LogP contribution in [0.15, 0.2) is 23.1 Å². The maximum atomic E-state index is 11.4. The van der Waals surface area contributed by atoms with Gasteiger partial charge < -0.3 is 20.9 Å². The highest BCUT2D eigenvalue weighted by Crippen LogP contribution is 2.30. The number of hydrogen-bond donors (Lipinski definition) is 4. The maximum absolute atomic E-state index is 11.4. The van der Waals surface area contributed by atoms with Gasteiger partial charge in [-0.2, -0.15) is 0 Å². The lowest BCUT2D eigenvalue weighted by Gasteiger charge is -2.37. The summed E-state index contributed by atoms with van der Waals surface area (Å²) in [5.74, 6) is 0. The molecule has 1 aliphatic rings. The molecule has 0 atom stereocenters. The van der Waals surface area contributed by atoms with Gasteiger partial charge in [-0.25, -0.2) is 13.6 Å². The number of sulfonamides is 1. The van der Waals surface area contributed by atoms with Crippen LogP contribution in [0.2, 0.25) is 0 Å². The molecule has 0 aliphatic carbocycles. The first kappa shape index (κ1) is 15.0. The first-order valence-electron chi connectivity index (χ1n) is 6.25. The SMILES string of the molecule is Nc1ccc(S(N)(=O)=O)cc1NC1(CO)CCOCC1. The molecule has 2 rings (SSSR count). The highest BCUT2D eigenvalue weighted by molar-refractivity contribution is 7.89. The van der Waals surface area contributed by atoms with Gasteiger partial charge in [-0.05, 0) is 31.0 Å². The highest BCUT2D eigenvalue weighted by Gasteiger charge is 2.32. The Morgan fingerprint density at radius 3 is 2.55 bits per heavy atom. The van der Waals surface area contributed by atoms with Crippen LogP contribution in [0.25, 0.3) is 0 Å². The van der Waals surface area contributed by atoms with Crippen molar-refractivity contribution >= 4 is 21.4 Å². The predicted octanol–water partition coefficient (Wildman–Crippen LogP) is -0.130. The second-order valence-corrected chi connectivity index (χ2v) is 6.53. The molecule has 8 heteroatoms. The average Bonchev–Trinajstić information content (AvgIpc) is 2.41. The molecule has 1 aliphatic heterocycles. The molecular formula is C12H19N3O4S. The van der Waals surface area contributed by atoms with E-state index in [-0.39, 0.29) is 11.5 Å². The van der Waals surface area contributed by atoms with Gasteiger partial charge in [0.2, 0.25) is 10.0 Å². The van der Waals surface area contributed by atoms with Gasteiger partial charge in [-0.1, -0.05) is 0 Å². The van der Waals surface area contributed by atoms with E-state index < -0.39 is 15.6 Å². The van der Waals surface area contributed by atoms with Crippen LogP contribution in [-0.4, -0.2) is 38.9 Å². The van der Waals surface area contributed by atoms with Crippen molar-refractivity contribution in [2.45, 2.75) is 23.3 Å². The third-order valence-corrected chi connectivity index (χ3v) is 4.42. The number of ether oxygens (including phenoxy) is 1. The number of rotatable bonds is 4. The van der Waals surface area contributed by atoms with Crippen molar-refractivity contribution in [3.05, 3.63) is 18.2 Å². The molecule has 0 spiro atoms. The molecule has 0 radical (unpaired) electrons. The van der Waals surface area contributed by atoms with Crippen molar-refractivity contribution < 1.29 is 18.3 Å². The average molecular weight is 301 g/mol. The minimum absolute atomic E-state index is 0.0191. The van der Waals surface area contributed by atoms with Crippen LogP contribution in [0.4, 0.5) is 11.4 Å². The topological polar surface area (TPSA) is 128 Å². The van der Waals surface area contributed by atoms with Crippen molar-refractivity contribution in [1.29, 1.82) is 0 Å². The van der Waals surface area contributed by atoms with Gasteiger partial charge in [0.25, 0.3) is 0 Å². The number of hydrogen-bond acceptors (Lipinski definition) is 6. The normalized spacial score (nSPS) is 18.7. The number of aliphatic hydroxyl groups is 1. The van der Waals surface area contributed by atoms with Crippen LogP contribution < -0.4 is 16.2 Å². The van der Waals surface area contributed by atoms with E-state index >= 15 is 0 Å². The Hall–Kier alpha value is -1.35. The Bertz CT molecular complexity index is 582. The van der Waals surface area contributed by atoms with Crippen LogP contribution >= 0.6 is 0 Å². The molecular weight excluding hydrogens is 282 g/mol. The van der Waals surface area contributed by atoms with Gasteiger partial charge in [0, 0.05) is 13.2 Å². The Morgan fingerprint density at radius 2 is 2.00 bits per heavy atom. The molecule has 0 unspecified atom stereocenters. The van der Waals surface area contributed by atoms with Gasteiger partial charge in [0.15, 0.2) is 0 Å². The van der Waals surface area contributed by atoms with Crippen LogP contribution in [-0.2, 0) is 14.8 Å². The van der Waals surface area contributed by atoms with Crippen molar-refractivity contribution in [1.82, 2.24) is 0 Å². The minimum atomic E-state index is -3.79. The van der Waals surface area contributed by atoms with Gasteiger partial charge in [0.05, 0.1) is 28.4 Å². The lowest BCUT2D eigenvalue weighted by Crippen LogP contribution is -2.47. The number of nitrogens with two attached hydrogens (primary N) is 2. The summed E-state index contributed by atoms with van der Waals surface area (Å²) in [4.78, 5) is -0.0191. The van der Waals surface area contributed by atoms with Crippen LogP contribution in [0.3, 0.4) is 0 Å². The fraction of sp³-hybridized carbons (Fsp3) is 0.500. The molecule has 112 valence electrons. The van der Waals surface area contributed by atoms with E-state index in [1.54, 1.807) is 0 Å². The Kier molecular flexibility index (Phi) is 4.19. The second-order valence-electron chi connectivity index (χ2n) is 4.97. The molecule has 6 N–H and O–H groups in total. The lowest BCUT2D eigenvalue weighted by atomic mass is 9.90. The molecule has 0 aromatic heterocycles. The summed E-state index contributed by atoms with van der Waals surface area (Å²) >= 11 is 0. The number of nitrogens with one attached hydrogen (secondary N) is 1. The quantitative estimate of drug-likeness (QED) is 0.574. The van der Waals surface area contributed by atoms with E-state index in [2.05, 4.69) is 5.32 Å². The molecule has 1 aromatic rings. The van der Waals surface area contributed by atoms with Crippen LogP contribution in [0, 0.1) is 0 Å². The summed E-state index contributed by atoms with van der Waals surface area (Å²) < 4.78 is 28.0. The van der Waals surface area contributed by atoms with Gasteiger partial charge in [0.1, 0.15) is 0 Å². The summed E-state index contributed by atoms with van der Waals surface area (Å²) in [7, 11) is -3.79. The van der Waals surface area contributed by atoms with Crippen LogP contribution in [0.5, 0.6) is 0 Å². The third-order valence-electron chi connectivity index (χ3n) is 3.51. The number of primary sulfonamides is 1. The largest absolute Gasteiger partial charge is 0.397 e.